The molecule has 2 aromatic rings. The van der Waals surface area contributed by atoms with E-state index < -0.39 is 0 Å². The van der Waals surface area contributed by atoms with Crippen LogP contribution >= 0.6 is 0 Å². The van der Waals surface area contributed by atoms with Gasteiger partial charge in [0.2, 0.25) is 0 Å². The van der Waals surface area contributed by atoms with Gasteiger partial charge in [0.1, 0.15) is 5.82 Å². The molecule has 0 spiro atoms. The van der Waals surface area contributed by atoms with Gasteiger partial charge in [-0.2, -0.15) is 0 Å². The normalized spacial score (nSPS) is 11.2. The standard InChI is InChI=1S/C13H20N4/c1-11-7-6-9-13-16-15-12(17(11)13)8-4-2-3-5-10-14/h6-7,9H,2-5,8,10,14H2,1H3. The Hall–Kier alpha value is -1.42. The number of aromatic nitrogens is 3. The van der Waals surface area contributed by atoms with Gasteiger partial charge in [0.05, 0.1) is 0 Å². The molecule has 0 amide bonds. The molecule has 2 rings (SSSR count). The van der Waals surface area contributed by atoms with Crippen LogP contribution in [0.2, 0.25) is 0 Å². The molecule has 0 atom stereocenters. The first kappa shape index (κ1) is 12.0. The van der Waals surface area contributed by atoms with Crippen LogP contribution in [0.25, 0.3) is 5.65 Å². The van der Waals surface area contributed by atoms with Crippen molar-refractivity contribution in [2.24, 2.45) is 5.73 Å². The van der Waals surface area contributed by atoms with Crippen LogP contribution in [0.4, 0.5) is 0 Å². The van der Waals surface area contributed by atoms with Crippen molar-refractivity contribution in [1.29, 1.82) is 0 Å². The van der Waals surface area contributed by atoms with Gasteiger partial charge >= 0.3 is 0 Å². The fourth-order valence-electron chi connectivity index (χ4n) is 2.11. The van der Waals surface area contributed by atoms with Crippen LogP contribution < -0.4 is 5.73 Å². The number of unbranched alkanes of at least 4 members (excludes halogenated alkanes) is 3. The molecule has 0 aliphatic carbocycles. The third-order valence-corrected chi connectivity index (χ3v) is 3.05. The zero-order chi connectivity index (χ0) is 12.1. The Kier molecular flexibility index (Phi) is 4.09. The average Bonchev–Trinajstić information content (AvgIpc) is 2.74. The summed E-state index contributed by atoms with van der Waals surface area (Å²) >= 11 is 0. The highest BCUT2D eigenvalue weighted by atomic mass is 15.2. The molecular formula is C13H20N4. The summed E-state index contributed by atoms with van der Waals surface area (Å²) in [5, 5.41) is 8.45. The van der Waals surface area contributed by atoms with Gasteiger partial charge in [-0.15, -0.1) is 10.2 Å². The van der Waals surface area contributed by atoms with Gasteiger partial charge in [-0.25, -0.2) is 0 Å². The van der Waals surface area contributed by atoms with E-state index in [1.807, 2.05) is 12.1 Å². The monoisotopic (exact) mass is 232 g/mol. The van der Waals surface area contributed by atoms with Crippen molar-refractivity contribution in [3.8, 4) is 0 Å². The maximum Gasteiger partial charge on any atom is 0.160 e. The highest BCUT2D eigenvalue weighted by Gasteiger charge is 2.06. The van der Waals surface area contributed by atoms with Gasteiger partial charge in [-0.05, 0) is 38.4 Å². The van der Waals surface area contributed by atoms with Crippen molar-refractivity contribution in [1.82, 2.24) is 14.6 Å². The molecular weight excluding hydrogens is 212 g/mol. The second-order valence-corrected chi connectivity index (χ2v) is 4.43. The van der Waals surface area contributed by atoms with Crippen molar-refractivity contribution in [2.75, 3.05) is 6.54 Å². The van der Waals surface area contributed by atoms with Crippen LogP contribution in [0.1, 0.15) is 37.2 Å². The predicted octanol–water partition coefficient (Wildman–Crippen LogP) is 2.10. The summed E-state index contributed by atoms with van der Waals surface area (Å²) in [5.41, 5.74) is 7.62. The minimum absolute atomic E-state index is 0.799. The summed E-state index contributed by atoms with van der Waals surface area (Å²) in [6.45, 7) is 2.89. The van der Waals surface area contributed by atoms with Crippen molar-refractivity contribution >= 4 is 5.65 Å². The number of hydrogen-bond acceptors (Lipinski definition) is 3. The molecule has 17 heavy (non-hydrogen) atoms. The Morgan fingerprint density at radius 1 is 1.12 bits per heavy atom. The van der Waals surface area contributed by atoms with Crippen LogP contribution in [-0.2, 0) is 6.42 Å². The summed E-state index contributed by atoms with van der Waals surface area (Å²) in [6, 6.07) is 6.11. The third-order valence-electron chi connectivity index (χ3n) is 3.05. The zero-order valence-corrected chi connectivity index (χ0v) is 10.4. The number of aryl methyl sites for hydroxylation is 2. The lowest BCUT2D eigenvalue weighted by Gasteiger charge is -2.03. The lowest BCUT2D eigenvalue weighted by molar-refractivity contribution is 0.632. The van der Waals surface area contributed by atoms with E-state index in [4.69, 9.17) is 5.73 Å². The van der Waals surface area contributed by atoms with Crippen LogP contribution in [0.5, 0.6) is 0 Å². The number of nitrogens with two attached hydrogens (primary N) is 1. The second kappa shape index (κ2) is 5.77. The smallest absolute Gasteiger partial charge is 0.160 e. The van der Waals surface area contributed by atoms with Gasteiger partial charge in [-0.3, -0.25) is 4.40 Å². The summed E-state index contributed by atoms with van der Waals surface area (Å²) in [4.78, 5) is 0. The van der Waals surface area contributed by atoms with E-state index in [-0.39, 0.29) is 0 Å². The fourth-order valence-corrected chi connectivity index (χ4v) is 2.11. The largest absolute Gasteiger partial charge is 0.330 e. The van der Waals surface area contributed by atoms with Gasteiger partial charge in [0.15, 0.2) is 5.65 Å². The predicted molar refractivity (Wildman–Crippen MR) is 69.0 cm³/mol. The van der Waals surface area contributed by atoms with E-state index in [1.54, 1.807) is 0 Å². The summed E-state index contributed by atoms with van der Waals surface area (Å²) < 4.78 is 2.14. The highest BCUT2D eigenvalue weighted by Crippen LogP contribution is 2.11. The average molecular weight is 232 g/mol. The molecule has 2 N–H and O–H groups in total. The molecule has 2 aromatic heterocycles. The lowest BCUT2D eigenvalue weighted by atomic mass is 10.1. The Morgan fingerprint density at radius 2 is 1.94 bits per heavy atom. The third kappa shape index (κ3) is 2.82. The van der Waals surface area contributed by atoms with Crippen molar-refractivity contribution < 1.29 is 0 Å². The van der Waals surface area contributed by atoms with Gasteiger partial charge in [-0.1, -0.05) is 18.9 Å². The number of fused-ring (bicyclic) bond motifs is 1. The minimum Gasteiger partial charge on any atom is -0.330 e. The van der Waals surface area contributed by atoms with Crippen LogP contribution in [0.3, 0.4) is 0 Å². The Morgan fingerprint density at radius 3 is 2.76 bits per heavy atom. The first-order chi connectivity index (χ1) is 8.33. The van der Waals surface area contributed by atoms with Gasteiger partial charge in [0, 0.05) is 12.1 Å². The summed E-state index contributed by atoms with van der Waals surface area (Å²) in [6.07, 6.45) is 5.72. The fraction of sp³-hybridized carbons (Fsp3) is 0.538. The molecule has 0 fully saturated rings. The number of rotatable bonds is 6. The second-order valence-electron chi connectivity index (χ2n) is 4.43. The molecule has 0 radical (unpaired) electrons. The topological polar surface area (TPSA) is 56.2 Å². The van der Waals surface area contributed by atoms with Crippen LogP contribution in [-0.4, -0.2) is 21.1 Å². The molecule has 0 aliphatic heterocycles. The first-order valence-electron chi connectivity index (χ1n) is 6.32. The van der Waals surface area contributed by atoms with Crippen LogP contribution in [0.15, 0.2) is 18.2 Å². The summed E-state index contributed by atoms with van der Waals surface area (Å²) in [7, 11) is 0. The van der Waals surface area contributed by atoms with E-state index in [0.29, 0.717) is 0 Å². The Balaban J connectivity index is 1.99. The lowest BCUT2D eigenvalue weighted by Crippen LogP contribution is -2.00. The first-order valence-corrected chi connectivity index (χ1v) is 6.32. The molecule has 4 heteroatoms. The molecule has 4 nitrogen and oxygen atoms in total. The Labute approximate surface area is 102 Å². The molecule has 0 unspecified atom stereocenters. The quantitative estimate of drug-likeness (QED) is 0.776. The van der Waals surface area contributed by atoms with Crippen molar-refractivity contribution in [2.45, 2.75) is 39.0 Å². The SMILES string of the molecule is Cc1cccc2nnc(CCCCCCN)n12. The number of nitrogens with zero attached hydrogens (tertiary/aromatic N) is 3. The van der Waals surface area contributed by atoms with E-state index in [0.717, 1.165) is 37.3 Å². The molecule has 0 bridgehead atoms. The van der Waals surface area contributed by atoms with E-state index >= 15 is 0 Å². The number of pyridine rings is 1. The van der Waals surface area contributed by atoms with Crippen molar-refractivity contribution in [3.05, 3.63) is 29.7 Å². The molecule has 0 saturated carbocycles. The molecule has 0 aromatic carbocycles. The van der Waals surface area contributed by atoms with Crippen LogP contribution in [0, 0.1) is 6.92 Å². The molecule has 2 heterocycles. The minimum atomic E-state index is 0.799. The van der Waals surface area contributed by atoms with Gasteiger partial charge in [0.25, 0.3) is 0 Å². The Bertz CT molecular complexity index is 475. The van der Waals surface area contributed by atoms with E-state index in [1.165, 1.54) is 18.5 Å². The molecule has 0 aliphatic rings. The molecule has 92 valence electrons. The number of hydrogen-bond donors (Lipinski definition) is 1. The maximum absolute atomic E-state index is 5.47. The highest BCUT2D eigenvalue weighted by molar-refractivity contribution is 5.39. The molecule has 0 saturated heterocycles. The van der Waals surface area contributed by atoms with Gasteiger partial charge < -0.3 is 5.73 Å². The summed E-state index contributed by atoms with van der Waals surface area (Å²) in [5.74, 6) is 1.07. The maximum atomic E-state index is 5.47. The van der Waals surface area contributed by atoms with Crippen molar-refractivity contribution in [3.63, 3.8) is 0 Å². The van der Waals surface area contributed by atoms with E-state index in [9.17, 15) is 0 Å². The zero-order valence-electron chi connectivity index (χ0n) is 10.4. The van der Waals surface area contributed by atoms with E-state index in [2.05, 4.69) is 27.6 Å².